The molecule has 2 bridgehead atoms. The number of fused-ring (bicyclic) bond motifs is 5. The van der Waals surface area contributed by atoms with E-state index in [2.05, 4.69) is 22.0 Å². The monoisotopic (exact) mass is 758 g/mol. The first-order chi connectivity index (χ1) is 26.3. The van der Waals surface area contributed by atoms with Crippen LogP contribution in [0.2, 0.25) is 10.0 Å². The smallest absolute Gasteiger partial charge is 0.226 e. The minimum atomic E-state index is -0.485. The van der Waals surface area contributed by atoms with E-state index in [1.807, 2.05) is 54.3 Å². The number of carbonyl (C=O) groups excluding carboxylic acids is 1. The van der Waals surface area contributed by atoms with Crippen LogP contribution in [0.5, 0.6) is 5.88 Å². The number of nitrogens with zero attached hydrogens (tertiary/aromatic N) is 5. The van der Waals surface area contributed by atoms with E-state index >= 15 is 4.39 Å². The van der Waals surface area contributed by atoms with Crippen molar-refractivity contribution in [2.45, 2.75) is 69.7 Å². The summed E-state index contributed by atoms with van der Waals surface area (Å²) in [6, 6.07) is 23.7. The first-order valence-corrected chi connectivity index (χ1v) is 19.6. The maximum atomic E-state index is 17.2. The fraction of sp³-hybridized carbons (Fsp3) is 0.349. The highest BCUT2D eigenvalue weighted by Crippen LogP contribution is 2.51. The van der Waals surface area contributed by atoms with E-state index in [-0.39, 0.29) is 53.0 Å². The summed E-state index contributed by atoms with van der Waals surface area (Å²) in [5.74, 6) is 0.658. The Hall–Kier alpha value is -4.75. The van der Waals surface area contributed by atoms with Gasteiger partial charge >= 0.3 is 0 Å². The van der Waals surface area contributed by atoms with E-state index in [0.717, 1.165) is 53.3 Å². The molecule has 11 heteroatoms. The average molecular weight is 760 g/mol. The Labute approximate surface area is 321 Å². The van der Waals surface area contributed by atoms with Crippen molar-refractivity contribution in [3.05, 3.63) is 99.5 Å². The first kappa shape index (κ1) is 33.8. The molecule has 8 nitrogen and oxygen atoms in total. The Bertz CT molecular complexity index is 2570. The minimum absolute atomic E-state index is 0.0298. The Kier molecular flexibility index (Phi) is 8.10. The number of para-hydroxylation sites is 1. The SMILES string of the molecule is Cc1nc2c(F)c(-c3cccc(Cl)c3Cl)c(CCC#N)cc2c2c1cc([C@H]1C[C@H](Oc3ccc4ccccc4n3)CN1C(=O)C1CC1)n2[C@H]1[C@H]2CN[C@@H]1C2. The molecule has 11 rings (SSSR count). The number of rotatable bonds is 8. The summed E-state index contributed by atoms with van der Waals surface area (Å²) in [6.07, 6.45) is 3.74. The molecule has 1 amide bonds. The molecule has 5 atom stereocenters. The molecular weight excluding hydrogens is 722 g/mol. The molecule has 2 saturated carbocycles. The zero-order chi connectivity index (χ0) is 36.8. The number of nitrogens with one attached hydrogen (secondary N) is 1. The third kappa shape index (κ3) is 5.37. The normalized spacial score (nSPS) is 23.3. The average Bonchev–Trinajstić information content (AvgIpc) is 3.45. The number of aryl methyl sites for hydroxylation is 2. The highest BCUT2D eigenvalue weighted by Gasteiger charge is 2.51. The van der Waals surface area contributed by atoms with Crippen LogP contribution in [0.25, 0.3) is 43.8 Å². The molecule has 54 heavy (non-hydrogen) atoms. The standard InChI is InChI=1S/C43H37Cl2FN6O2/c1-22-29-19-35(34-18-27(21-51(34)43(53)24-11-12-24)54-36-14-13-23-6-2-3-10-32(23)50-36)52(41-26-17-33(41)48-20-26)42(29)30-16-25(7-5-15-47)37(39(46)40(30)49-22)28-8-4-9-31(44)38(28)45/h2-4,6,8-10,13-14,16,19,24,26-27,33-34,41,48H,5,7,11-12,17-18,20-21H2,1H3/t26-,27+,33-,34-,41+/m1/s1. The summed E-state index contributed by atoms with van der Waals surface area (Å²) in [7, 11) is 0. The van der Waals surface area contributed by atoms with Gasteiger partial charge in [-0.1, -0.05) is 53.5 Å². The van der Waals surface area contributed by atoms with Crippen LogP contribution in [0.15, 0.2) is 66.7 Å². The van der Waals surface area contributed by atoms with Crippen LogP contribution in [0.4, 0.5) is 4.39 Å². The summed E-state index contributed by atoms with van der Waals surface area (Å²) in [4.78, 5) is 25.9. The zero-order valence-corrected chi connectivity index (χ0v) is 31.2. The molecule has 0 radical (unpaired) electrons. The van der Waals surface area contributed by atoms with E-state index in [1.165, 1.54) is 0 Å². The third-order valence-electron chi connectivity index (χ3n) is 12.1. The number of carbonyl (C=O) groups is 1. The molecule has 6 aromatic rings. The Balaban J connectivity index is 1.16. The molecular formula is C43H37Cl2FN6O2. The van der Waals surface area contributed by atoms with Crippen LogP contribution in [-0.4, -0.2) is 50.6 Å². The van der Waals surface area contributed by atoms with Crippen LogP contribution in [-0.2, 0) is 11.2 Å². The predicted octanol–water partition coefficient (Wildman–Crippen LogP) is 9.28. The number of halogens is 3. The van der Waals surface area contributed by atoms with E-state index in [0.29, 0.717) is 64.0 Å². The number of aromatic nitrogens is 3. The molecule has 3 aliphatic heterocycles. The number of nitriles is 1. The lowest BCUT2D eigenvalue weighted by Crippen LogP contribution is -2.41. The van der Waals surface area contributed by atoms with E-state index in [4.69, 9.17) is 37.9 Å². The van der Waals surface area contributed by atoms with Gasteiger partial charge in [-0.3, -0.25) is 4.79 Å². The zero-order valence-electron chi connectivity index (χ0n) is 29.7. The lowest BCUT2D eigenvalue weighted by Gasteiger charge is -2.39. The van der Waals surface area contributed by atoms with Gasteiger partial charge in [-0.05, 0) is 74.4 Å². The van der Waals surface area contributed by atoms with E-state index in [9.17, 15) is 10.1 Å². The summed E-state index contributed by atoms with van der Waals surface area (Å²) < 4.78 is 26.2. The van der Waals surface area contributed by atoms with Crippen molar-refractivity contribution in [3.8, 4) is 23.1 Å². The highest BCUT2D eigenvalue weighted by atomic mass is 35.5. The fourth-order valence-electron chi connectivity index (χ4n) is 9.35. The third-order valence-corrected chi connectivity index (χ3v) is 12.9. The van der Waals surface area contributed by atoms with Gasteiger partial charge in [0.05, 0.1) is 45.8 Å². The summed E-state index contributed by atoms with van der Waals surface area (Å²) in [5, 5.41) is 16.6. The fourth-order valence-corrected chi connectivity index (χ4v) is 9.75. The quantitative estimate of drug-likeness (QED) is 0.166. The molecule has 3 aromatic carbocycles. The van der Waals surface area contributed by atoms with Crippen molar-refractivity contribution in [2.75, 3.05) is 13.1 Å². The van der Waals surface area contributed by atoms with Crippen LogP contribution in [0.1, 0.15) is 61.1 Å². The number of hydrogen-bond donors (Lipinski definition) is 1. The lowest BCUT2D eigenvalue weighted by atomic mass is 9.79. The molecule has 0 unspecified atom stereocenters. The van der Waals surface area contributed by atoms with Gasteiger partial charge in [0, 0.05) is 76.1 Å². The van der Waals surface area contributed by atoms with Gasteiger partial charge in [0.2, 0.25) is 11.8 Å². The van der Waals surface area contributed by atoms with Gasteiger partial charge in [0.25, 0.3) is 0 Å². The number of likely N-dealkylation sites (tertiary alicyclic amines) is 1. The van der Waals surface area contributed by atoms with Crippen molar-refractivity contribution in [1.29, 1.82) is 5.26 Å². The lowest BCUT2D eigenvalue weighted by molar-refractivity contribution is -0.133. The highest BCUT2D eigenvalue weighted by molar-refractivity contribution is 6.43. The van der Waals surface area contributed by atoms with Gasteiger partial charge in [-0.2, -0.15) is 5.26 Å². The van der Waals surface area contributed by atoms with Crippen LogP contribution < -0.4 is 10.1 Å². The molecule has 6 heterocycles. The number of hydrogen-bond acceptors (Lipinski definition) is 6. The van der Waals surface area contributed by atoms with E-state index in [1.54, 1.807) is 18.2 Å². The summed E-state index contributed by atoms with van der Waals surface area (Å²) >= 11 is 13.1. The second-order valence-corrected chi connectivity index (χ2v) is 16.2. The maximum Gasteiger partial charge on any atom is 0.226 e. The molecule has 272 valence electrons. The van der Waals surface area contributed by atoms with Gasteiger partial charge in [0.1, 0.15) is 11.6 Å². The minimum Gasteiger partial charge on any atom is -0.472 e. The second-order valence-electron chi connectivity index (χ2n) is 15.4. The van der Waals surface area contributed by atoms with Crippen molar-refractivity contribution >= 4 is 61.8 Å². The van der Waals surface area contributed by atoms with Gasteiger partial charge in [0.15, 0.2) is 5.82 Å². The molecule has 1 N–H and O–H groups in total. The predicted molar refractivity (Wildman–Crippen MR) is 208 cm³/mol. The molecule has 2 aliphatic carbocycles. The molecule has 5 aliphatic rings. The summed E-state index contributed by atoms with van der Waals surface area (Å²) in [5.41, 5.74) is 5.22. The number of amides is 1. The van der Waals surface area contributed by atoms with Crippen LogP contribution >= 0.6 is 23.2 Å². The Morgan fingerprint density at radius 1 is 1.06 bits per heavy atom. The molecule has 0 spiro atoms. The second kappa shape index (κ2) is 12.9. The number of pyridine rings is 2. The molecule has 3 aromatic heterocycles. The van der Waals surface area contributed by atoms with Gasteiger partial charge in [-0.25, -0.2) is 14.4 Å². The van der Waals surface area contributed by atoms with Crippen LogP contribution in [0, 0.1) is 35.9 Å². The Morgan fingerprint density at radius 3 is 2.69 bits per heavy atom. The largest absolute Gasteiger partial charge is 0.472 e. The maximum absolute atomic E-state index is 17.2. The van der Waals surface area contributed by atoms with Crippen molar-refractivity contribution in [2.24, 2.45) is 11.8 Å². The number of benzene rings is 3. The molecule has 3 saturated heterocycles. The van der Waals surface area contributed by atoms with Crippen LogP contribution in [0.3, 0.4) is 0 Å². The topological polar surface area (TPSA) is 96.1 Å². The van der Waals surface area contributed by atoms with Gasteiger partial charge in [-0.15, -0.1) is 0 Å². The van der Waals surface area contributed by atoms with Gasteiger partial charge < -0.3 is 19.5 Å². The van der Waals surface area contributed by atoms with Crippen molar-refractivity contribution in [1.82, 2.24) is 24.8 Å². The van der Waals surface area contributed by atoms with Crippen molar-refractivity contribution < 1.29 is 13.9 Å². The number of ether oxygens (including phenoxy) is 1. The first-order valence-electron chi connectivity index (χ1n) is 18.8. The summed E-state index contributed by atoms with van der Waals surface area (Å²) in [6.45, 7) is 3.29. The van der Waals surface area contributed by atoms with Crippen molar-refractivity contribution in [3.63, 3.8) is 0 Å². The molecule has 5 fully saturated rings. The van der Waals surface area contributed by atoms with E-state index < -0.39 is 5.82 Å². The Morgan fingerprint density at radius 2 is 1.91 bits per heavy atom.